The van der Waals surface area contributed by atoms with E-state index in [4.69, 9.17) is 0 Å². The fourth-order valence-electron chi connectivity index (χ4n) is 2.34. The van der Waals surface area contributed by atoms with Gasteiger partial charge >= 0.3 is 0 Å². The van der Waals surface area contributed by atoms with Gasteiger partial charge in [-0.05, 0) is 41.9 Å². The summed E-state index contributed by atoms with van der Waals surface area (Å²) in [6.07, 6.45) is 6.48. The number of carbonyl (C=O) groups is 1. The summed E-state index contributed by atoms with van der Waals surface area (Å²) in [5.41, 5.74) is 3.84. The Morgan fingerprint density at radius 2 is 2.06 bits per heavy atom. The number of hydrogen-bond acceptors (Lipinski definition) is 1. The van der Waals surface area contributed by atoms with E-state index >= 15 is 0 Å². The lowest BCUT2D eigenvalue weighted by molar-refractivity contribution is -0.119. The lowest BCUT2D eigenvalue weighted by Gasteiger charge is -2.18. The molecule has 1 amide bonds. The summed E-state index contributed by atoms with van der Waals surface area (Å²) in [5.74, 6) is 0.884. The van der Waals surface area contributed by atoms with Crippen molar-refractivity contribution in [3.63, 3.8) is 0 Å². The van der Waals surface area contributed by atoms with Gasteiger partial charge < -0.3 is 5.32 Å². The Bertz CT molecular complexity index is 445. The number of hydrogen-bond donors (Lipinski definition) is 1. The van der Waals surface area contributed by atoms with Crippen LogP contribution in [0, 0.1) is 5.92 Å². The minimum Gasteiger partial charge on any atom is -0.359 e. The molecule has 0 heterocycles. The molecule has 96 valence electrons. The molecule has 1 aliphatic carbocycles. The van der Waals surface area contributed by atoms with E-state index in [0.717, 1.165) is 11.5 Å². The van der Waals surface area contributed by atoms with Gasteiger partial charge in [-0.3, -0.25) is 4.79 Å². The third-order valence-electron chi connectivity index (χ3n) is 3.64. The van der Waals surface area contributed by atoms with Crippen LogP contribution in [0.15, 0.2) is 30.3 Å². The molecule has 2 rings (SSSR count). The van der Waals surface area contributed by atoms with Gasteiger partial charge in [0.1, 0.15) is 0 Å². The van der Waals surface area contributed by atoms with E-state index < -0.39 is 0 Å². The van der Waals surface area contributed by atoms with Crippen molar-refractivity contribution in [2.24, 2.45) is 5.92 Å². The van der Waals surface area contributed by atoms with E-state index in [1.54, 1.807) is 7.05 Å². The summed E-state index contributed by atoms with van der Waals surface area (Å²) in [5, 5.41) is 2.65. The van der Waals surface area contributed by atoms with Crippen LogP contribution in [0.2, 0.25) is 0 Å². The largest absolute Gasteiger partial charge is 0.359 e. The standard InChI is InChI=1S/C16H21NO/c1-12-3-7-14(8-4-12)15-9-5-13(6-10-15)11-16(18)17-2/h5-7,9-10,12H,3-4,8,11H2,1-2H3,(H,17,18). The Kier molecular flexibility index (Phi) is 4.19. The van der Waals surface area contributed by atoms with Crippen molar-refractivity contribution >= 4 is 11.5 Å². The Morgan fingerprint density at radius 3 is 2.61 bits per heavy atom. The summed E-state index contributed by atoms with van der Waals surface area (Å²) < 4.78 is 0. The van der Waals surface area contributed by atoms with Gasteiger partial charge in [0.15, 0.2) is 0 Å². The van der Waals surface area contributed by atoms with Gasteiger partial charge in [0.05, 0.1) is 6.42 Å². The highest BCUT2D eigenvalue weighted by atomic mass is 16.1. The summed E-state index contributed by atoms with van der Waals surface area (Å²) in [4.78, 5) is 11.3. The van der Waals surface area contributed by atoms with Crippen molar-refractivity contribution in [2.45, 2.75) is 32.6 Å². The van der Waals surface area contributed by atoms with Crippen molar-refractivity contribution < 1.29 is 4.79 Å². The molecule has 1 N–H and O–H groups in total. The molecule has 0 saturated heterocycles. The lowest BCUT2D eigenvalue weighted by Crippen LogP contribution is -2.19. The quantitative estimate of drug-likeness (QED) is 0.868. The predicted octanol–water partition coefficient (Wildman–Crippen LogP) is 3.18. The zero-order valence-electron chi connectivity index (χ0n) is 11.2. The zero-order chi connectivity index (χ0) is 13.0. The fourth-order valence-corrected chi connectivity index (χ4v) is 2.34. The molecule has 1 atom stereocenters. The first-order valence-corrected chi connectivity index (χ1v) is 6.68. The van der Waals surface area contributed by atoms with E-state index in [1.165, 1.54) is 30.4 Å². The Hall–Kier alpha value is -1.57. The molecule has 0 fully saturated rings. The third-order valence-corrected chi connectivity index (χ3v) is 3.64. The molecule has 0 radical (unpaired) electrons. The molecule has 0 aromatic heterocycles. The first-order valence-electron chi connectivity index (χ1n) is 6.68. The molecular formula is C16H21NO. The summed E-state index contributed by atoms with van der Waals surface area (Å²) in [6.45, 7) is 2.31. The molecule has 0 aliphatic heterocycles. The van der Waals surface area contributed by atoms with E-state index in [9.17, 15) is 4.79 Å². The highest BCUT2D eigenvalue weighted by Crippen LogP contribution is 2.29. The normalized spacial score (nSPS) is 19.2. The van der Waals surface area contributed by atoms with Crippen LogP contribution in [-0.2, 0) is 11.2 Å². The Balaban J connectivity index is 2.06. The molecule has 18 heavy (non-hydrogen) atoms. The maximum Gasteiger partial charge on any atom is 0.224 e. The first-order chi connectivity index (χ1) is 8.69. The van der Waals surface area contributed by atoms with Gasteiger partial charge in [0.2, 0.25) is 5.91 Å². The van der Waals surface area contributed by atoms with Crippen LogP contribution in [0.4, 0.5) is 0 Å². The van der Waals surface area contributed by atoms with Crippen molar-refractivity contribution in [3.8, 4) is 0 Å². The summed E-state index contributed by atoms with van der Waals surface area (Å²) in [7, 11) is 1.67. The molecule has 0 bridgehead atoms. The Morgan fingerprint density at radius 1 is 1.33 bits per heavy atom. The van der Waals surface area contributed by atoms with Gasteiger partial charge in [-0.15, -0.1) is 0 Å². The highest BCUT2D eigenvalue weighted by molar-refractivity contribution is 5.78. The van der Waals surface area contributed by atoms with Gasteiger partial charge in [-0.1, -0.05) is 37.3 Å². The second-order valence-electron chi connectivity index (χ2n) is 5.16. The van der Waals surface area contributed by atoms with Crippen LogP contribution < -0.4 is 5.32 Å². The topological polar surface area (TPSA) is 29.1 Å². The lowest BCUT2D eigenvalue weighted by atomic mass is 9.87. The van der Waals surface area contributed by atoms with E-state index in [1.807, 2.05) is 0 Å². The minimum atomic E-state index is 0.0634. The fraction of sp³-hybridized carbons (Fsp3) is 0.438. The van der Waals surface area contributed by atoms with E-state index in [2.05, 4.69) is 42.6 Å². The van der Waals surface area contributed by atoms with Crippen LogP contribution in [0.1, 0.15) is 37.3 Å². The van der Waals surface area contributed by atoms with Gasteiger partial charge in [-0.2, -0.15) is 0 Å². The number of rotatable bonds is 3. The van der Waals surface area contributed by atoms with Crippen LogP contribution in [0.3, 0.4) is 0 Å². The average Bonchev–Trinajstić information content (AvgIpc) is 2.40. The van der Waals surface area contributed by atoms with Gasteiger partial charge in [0.25, 0.3) is 0 Å². The first kappa shape index (κ1) is 12.9. The number of carbonyl (C=O) groups excluding carboxylic acids is 1. The monoisotopic (exact) mass is 243 g/mol. The van der Waals surface area contributed by atoms with Crippen LogP contribution in [-0.4, -0.2) is 13.0 Å². The molecule has 1 aromatic rings. The summed E-state index contributed by atoms with van der Waals surface area (Å²) in [6, 6.07) is 8.40. The summed E-state index contributed by atoms with van der Waals surface area (Å²) >= 11 is 0. The van der Waals surface area contributed by atoms with Crippen LogP contribution in [0.5, 0.6) is 0 Å². The van der Waals surface area contributed by atoms with Crippen molar-refractivity contribution in [1.82, 2.24) is 5.32 Å². The van der Waals surface area contributed by atoms with Crippen LogP contribution in [0.25, 0.3) is 5.57 Å². The van der Waals surface area contributed by atoms with Gasteiger partial charge in [-0.25, -0.2) is 0 Å². The number of allylic oxidation sites excluding steroid dienone is 2. The van der Waals surface area contributed by atoms with Crippen molar-refractivity contribution in [1.29, 1.82) is 0 Å². The van der Waals surface area contributed by atoms with Crippen molar-refractivity contribution in [2.75, 3.05) is 7.05 Å². The van der Waals surface area contributed by atoms with Crippen molar-refractivity contribution in [3.05, 3.63) is 41.5 Å². The molecule has 1 unspecified atom stereocenters. The van der Waals surface area contributed by atoms with Crippen LogP contribution >= 0.6 is 0 Å². The molecular weight excluding hydrogens is 222 g/mol. The zero-order valence-corrected chi connectivity index (χ0v) is 11.2. The maximum atomic E-state index is 11.3. The maximum absolute atomic E-state index is 11.3. The smallest absolute Gasteiger partial charge is 0.224 e. The number of benzene rings is 1. The number of nitrogens with one attached hydrogen (secondary N) is 1. The molecule has 0 saturated carbocycles. The number of likely N-dealkylation sites (N-methyl/N-ethyl adjacent to an activating group) is 1. The minimum absolute atomic E-state index is 0.0634. The number of amides is 1. The second kappa shape index (κ2) is 5.85. The van der Waals surface area contributed by atoms with E-state index in [-0.39, 0.29) is 5.91 Å². The molecule has 2 heteroatoms. The molecule has 1 aromatic carbocycles. The third kappa shape index (κ3) is 3.22. The SMILES string of the molecule is CNC(=O)Cc1ccc(C2=CCC(C)CC2)cc1. The molecule has 1 aliphatic rings. The van der Waals surface area contributed by atoms with Gasteiger partial charge in [0, 0.05) is 7.05 Å². The predicted molar refractivity (Wildman–Crippen MR) is 75.2 cm³/mol. The van der Waals surface area contributed by atoms with E-state index in [0.29, 0.717) is 6.42 Å². The molecule has 2 nitrogen and oxygen atoms in total. The second-order valence-corrected chi connectivity index (χ2v) is 5.16. The Labute approximate surface area is 109 Å². The average molecular weight is 243 g/mol. The highest BCUT2D eigenvalue weighted by Gasteiger charge is 2.11. The molecule has 0 spiro atoms.